The van der Waals surface area contributed by atoms with Crippen LogP contribution < -0.4 is 10.7 Å². The van der Waals surface area contributed by atoms with E-state index < -0.39 is 0 Å². The van der Waals surface area contributed by atoms with Crippen molar-refractivity contribution in [2.75, 3.05) is 13.2 Å². The molecule has 0 aromatic carbocycles. The molecule has 5 nitrogen and oxygen atoms in total. The SMILES string of the molecule is CCNC(=S)N/N=C\c1cc(C)n(C[C@@H]2CCCO2)c1C. The molecule has 1 aliphatic rings. The summed E-state index contributed by atoms with van der Waals surface area (Å²) in [6, 6.07) is 2.14. The maximum absolute atomic E-state index is 5.72. The van der Waals surface area contributed by atoms with Crippen molar-refractivity contribution >= 4 is 23.5 Å². The second kappa shape index (κ2) is 7.56. The maximum atomic E-state index is 5.72. The van der Waals surface area contributed by atoms with Crippen LogP contribution in [0.25, 0.3) is 0 Å². The first kappa shape index (κ1) is 16.0. The molecule has 1 aliphatic heterocycles. The van der Waals surface area contributed by atoms with Crippen LogP contribution in [0, 0.1) is 13.8 Å². The zero-order valence-electron chi connectivity index (χ0n) is 13.0. The van der Waals surface area contributed by atoms with E-state index >= 15 is 0 Å². The summed E-state index contributed by atoms with van der Waals surface area (Å²) in [5, 5.41) is 7.72. The first-order valence-electron chi connectivity index (χ1n) is 7.47. The van der Waals surface area contributed by atoms with Crippen molar-refractivity contribution in [1.29, 1.82) is 0 Å². The van der Waals surface area contributed by atoms with Gasteiger partial charge in [0.05, 0.1) is 12.3 Å². The normalized spacial score (nSPS) is 18.3. The molecular formula is C15H24N4OS. The molecular weight excluding hydrogens is 284 g/mol. The summed E-state index contributed by atoms with van der Waals surface area (Å²) in [5.41, 5.74) is 6.37. The molecule has 116 valence electrons. The Morgan fingerprint density at radius 1 is 1.57 bits per heavy atom. The lowest BCUT2D eigenvalue weighted by Gasteiger charge is -2.14. The summed E-state index contributed by atoms with van der Waals surface area (Å²) in [5.74, 6) is 0. The number of nitrogens with one attached hydrogen (secondary N) is 2. The van der Waals surface area contributed by atoms with Crippen LogP contribution >= 0.6 is 12.2 Å². The molecule has 21 heavy (non-hydrogen) atoms. The molecule has 0 unspecified atom stereocenters. The number of nitrogens with zero attached hydrogens (tertiary/aromatic N) is 2. The highest BCUT2D eigenvalue weighted by atomic mass is 32.1. The number of hydrogen-bond donors (Lipinski definition) is 2. The minimum Gasteiger partial charge on any atom is -0.376 e. The molecule has 0 saturated carbocycles. The van der Waals surface area contributed by atoms with Crippen LogP contribution in [-0.2, 0) is 11.3 Å². The van der Waals surface area contributed by atoms with E-state index in [1.807, 2.05) is 13.1 Å². The number of aryl methyl sites for hydroxylation is 1. The van der Waals surface area contributed by atoms with Crippen molar-refractivity contribution < 1.29 is 4.74 Å². The number of rotatable bonds is 5. The molecule has 1 aromatic heterocycles. The Bertz CT molecular complexity index is 518. The van der Waals surface area contributed by atoms with E-state index in [0.29, 0.717) is 11.2 Å². The van der Waals surface area contributed by atoms with E-state index in [4.69, 9.17) is 17.0 Å². The largest absolute Gasteiger partial charge is 0.376 e. The van der Waals surface area contributed by atoms with Gasteiger partial charge in [0.15, 0.2) is 5.11 Å². The molecule has 1 aromatic rings. The van der Waals surface area contributed by atoms with Gasteiger partial charge < -0.3 is 14.6 Å². The molecule has 1 saturated heterocycles. The Balaban J connectivity index is 2.00. The van der Waals surface area contributed by atoms with Gasteiger partial charge in [0, 0.05) is 36.6 Å². The maximum Gasteiger partial charge on any atom is 0.186 e. The van der Waals surface area contributed by atoms with Crippen molar-refractivity contribution in [1.82, 2.24) is 15.3 Å². The van der Waals surface area contributed by atoms with Gasteiger partial charge in [-0.1, -0.05) is 0 Å². The Labute approximate surface area is 131 Å². The van der Waals surface area contributed by atoms with E-state index in [1.54, 1.807) is 0 Å². The number of hydrogen-bond acceptors (Lipinski definition) is 3. The predicted octanol–water partition coefficient (Wildman–Crippen LogP) is 2.10. The fourth-order valence-electron chi connectivity index (χ4n) is 2.59. The molecule has 0 bridgehead atoms. The lowest BCUT2D eigenvalue weighted by Crippen LogP contribution is -2.31. The summed E-state index contributed by atoms with van der Waals surface area (Å²) >= 11 is 5.07. The molecule has 0 radical (unpaired) electrons. The second-order valence-electron chi connectivity index (χ2n) is 5.30. The second-order valence-corrected chi connectivity index (χ2v) is 5.71. The average molecular weight is 308 g/mol. The summed E-state index contributed by atoms with van der Waals surface area (Å²) in [6.07, 6.45) is 4.49. The number of hydrazone groups is 1. The highest BCUT2D eigenvalue weighted by Crippen LogP contribution is 2.19. The molecule has 1 atom stereocenters. The van der Waals surface area contributed by atoms with Crippen LogP contribution in [0.4, 0.5) is 0 Å². The number of thiocarbonyl (C=S) groups is 1. The van der Waals surface area contributed by atoms with Crippen LogP contribution in [0.15, 0.2) is 11.2 Å². The van der Waals surface area contributed by atoms with Crippen molar-refractivity contribution in [2.24, 2.45) is 5.10 Å². The van der Waals surface area contributed by atoms with Gasteiger partial charge in [0.2, 0.25) is 0 Å². The summed E-state index contributed by atoms with van der Waals surface area (Å²) in [4.78, 5) is 0. The van der Waals surface area contributed by atoms with Crippen LogP contribution in [0.2, 0.25) is 0 Å². The van der Waals surface area contributed by atoms with Crippen molar-refractivity contribution in [3.05, 3.63) is 23.0 Å². The lowest BCUT2D eigenvalue weighted by atomic mass is 10.2. The van der Waals surface area contributed by atoms with E-state index in [2.05, 4.69) is 40.3 Å². The Hall–Kier alpha value is -1.40. The van der Waals surface area contributed by atoms with Crippen LogP contribution in [0.3, 0.4) is 0 Å². The highest BCUT2D eigenvalue weighted by molar-refractivity contribution is 7.80. The Morgan fingerprint density at radius 2 is 2.38 bits per heavy atom. The first-order chi connectivity index (χ1) is 10.1. The smallest absolute Gasteiger partial charge is 0.186 e. The van der Waals surface area contributed by atoms with Gasteiger partial charge in [-0.2, -0.15) is 5.10 Å². The average Bonchev–Trinajstić information content (AvgIpc) is 3.04. The third-order valence-corrected chi connectivity index (χ3v) is 3.97. The van der Waals surface area contributed by atoms with Gasteiger partial charge in [-0.3, -0.25) is 5.43 Å². The topological polar surface area (TPSA) is 50.6 Å². The molecule has 2 N–H and O–H groups in total. The molecule has 0 spiro atoms. The molecule has 1 fully saturated rings. The predicted molar refractivity (Wildman–Crippen MR) is 89.9 cm³/mol. The Kier molecular flexibility index (Phi) is 5.76. The van der Waals surface area contributed by atoms with Crippen LogP contribution in [-0.4, -0.2) is 35.1 Å². The number of aromatic nitrogens is 1. The van der Waals surface area contributed by atoms with Gasteiger partial charge >= 0.3 is 0 Å². The zero-order chi connectivity index (χ0) is 15.2. The molecule has 6 heteroatoms. The van der Waals surface area contributed by atoms with Gasteiger partial charge in [-0.15, -0.1) is 0 Å². The minimum absolute atomic E-state index is 0.346. The van der Waals surface area contributed by atoms with E-state index in [1.165, 1.54) is 17.8 Å². The van der Waals surface area contributed by atoms with Crippen molar-refractivity contribution in [2.45, 2.75) is 46.3 Å². The van der Waals surface area contributed by atoms with E-state index in [-0.39, 0.29) is 0 Å². The van der Waals surface area contributed by atoms with Crippen molar-refractivity contribution in [3.8, 4) is 0 Å². The molecule has 2 heterocycles. The van der Waals surface area contributed by atoms with E-state index in [0.717, 1.165) is 31.7 Å². The van der Waals surface area contributed by atoms with Crippen LogP contribution in [0.5, 0.6) is 0 Å². The van der Waals surface area contributed by atoms with Gasteiger partial charge in [-0.25, -0.2) is 0 Å². The third-order valence-electron chi connectivity index (χ3n) is 3.73. The van der Waals surface area contributed by atoms with E-state index in [9.17, 15) is 0 Å². The molecule has 2 rings (SSSR count). The fraction of sp³-hybridized carbons (Fsp3) is 0.600. The minimum atomic E-state index is 0.346. The Morgan fingerprint density at radius 3 is 3.05 bits per heavy atom. The fourth-order valence-corrected chi connectivity index (χ4v) is 2.79. The lowest BCUT2D eigenvalue weighted by molar-refractivity contribution is 0.0962. The summed E-state index contributed by atoms with van der Waals surface area (Å²) < 4.78 is 8.03. The highest BCUT2D eigenvalue weighted by Gasteiger charge is 2.18. The van der Waals surface area contributed by atoms with Crippen molar-refractivity contribution in [3.63, 3.8) is 0 Å². The number of ether oxygens (including phenoxy) is 1. The third kappa shape index (κ3) is 4.28. The van der Waals surface area contributed by atoms with Gasteiger partial charge in [0.25, 0.3) is 0 Å². The molecule has 0 aliphatic carbocycles. The summed E-state index contributed by atoms with van der Waals surface area (Å²) in [6.45, 7) is 8.84. The zero-order valence-corrected chi connectivity index (χ0v) is 13.8. The van der Waals surface area contributed by atoms with Crippen LogP contribution in [0.1, 0.15) is 36.7 Å². The standard InChI is InChI=1S/C15H24N4OS/c1-4-16-15(21)18-17-9-13-8-11(2)19(12(13)3)10-14-6-5-7-20-14/h8-9,14H,4-7,10H2,1-3H3,(H2,16,18,21)/b17-9-/t14-/m0/s1. The van der Waals surface area contributed by atoms with Gasteiger partial charge in [-0.05, 0) is 51.9 Å². The first-order valence-corrected chi connectivity index (χ1v) is 7.88. The monoisotopic (exact) mass is 308 g/mol. The van der Waals surface area contributed by atoms with Gasteiger partial charge in [0.1, 0.15) is 0 Å². The molecule has 0 amide bonds. The summed E-state index contributed by atoms with van der Waals surface area (Å²) in [7, 11) is 0. The quantitative estimate of drug-likeness (QED) is 0.497.